The molecule has 1 aliphatic rings. The summed E-state index contributed by atoms with van der Waals surface area (Å²) >= 11 is 0. The van der Waals surface area contributed by atoms with Crippen molar-refractivity contribution >= 4 is 29.9 Å². The smallest absolute Gasteiger partial charge is 0.194 e. The Balaban J connectivity index is 0.00000243. The van der Waals surface area contributed by atoms with Gasteiger partial charge in [-0.05, 0) is 19.1 Å². The molecule has 1 aromatic heterocycles. The molecule has 0 spiro atoms. The van der Waals surface area contributed by atoms with E-state index in [0.29, 0.717) is 13.1 Å². The van der Waals surface area contributed by atoms with Crippen LogP contribution in [0.4, 0.5) is 0 Å². The Morgan fingerprint density at radius 2 is 2.27 bits per heavy atom. The summed E-state index contributed by atoms with van der Waals surface area (Å²) in [6, 6.07) is 5.96. The monoisotopic (exact) mass is 472 g/mol. The van der Waals surface area contributed by atoms with Crippen molar-refractivity contribution in [3.8, 4) is 11.5 Å². The first-order valence-electron chi connectivity index (χ1n) is 8.28. The number of ether oxygens (including phenoxy) is 2. The van der Waals surface area contributed by atoms with Crippen LogP contribution in [0.2, 0.25) is 0 Å². The van der Waals surface area contributed by atoms with Crippen LogP contribution in [0.5, 0.6) is 11.5 Å². The minimum Gasteiger partial charge on any atom is -0.496 e. The molecule has 1 atom stereocenters. The van der Waals surface area contributed by atoms with Crippen molar-refractivity contribution in [3.05, 3.63) is 41.3 Å². The molecule has 3 rings (SSSR count). The van der Waals surface area contributed by atoms with Gasteiger partial charge >= 0.3 is 0 Å². The quantitative estimate of drug-likeness (QED) is 0.410. The Kier molecular flexibility index (Phi) is 7.13. The molecule has 1 aliphatic heterocycles. The van der Waals surface area contributed by atoms with Gasteiger partial charge < -0.3 is 24.2 Å². The van der Waals surface area contributed by atoms with Gasteiger partial charge in [-0.3, -0.25) is 4.99 Å². The first kappa shape index (κ1) is 20.3. The Morgan fingerprint density at radius 3 is 2.92 bits per heavy atom. The Hall–Kier alpha value is -1.97. The molecule has 142 valence electrons. The average molecular weight is 472 g/mol. The summed E-state index contributed by atoms with van der Waals surface area (Å²) in [7, 11) is 5.40. The number of methoxy groups -OCH3 is 1. The van der Waals surface area contributed by atoms with E-state index in [1.165, 1.54) is 5.56 Å². The van der Waals surface area contributed by atoms with E-state index in [0.717, 1.165) is 35.1 Å². The topological polar surface area (TPSA) is 72.1 Å². The molecule has 1 aromatic carbocycles. The summed E-state index contributed by atoms with van der Waals surface area (Å²) in [4.78, 5) is 6.31. The van der Waals surface area contributed by atoms with Gasteiger partial charge in [0.05, 0.1) is 13.7 Å². The predicted molar refractivity (Wildman–Crippen MR) is 110 cm³/mol. The number of halogens is 1. The number of aliphatic imine (C=N–C) groups is 1. The van der Waals surface area contributed by atoms with Crippen molar-refractivity contribution in [2.24, 2.45) is 4.99 Å². The van der Waals surface area contributed by atoms with Gasteiger partial charge in [-0.25, -0.2) is 0 Å². The lowest BCUT2D eigenvalue weighted by atomic mass is 10.1. The number of guanidine groups is 1. The van der Waals surface area contributed by atoms with Crippen molar-refractivity contribution < 1.29 is 14.0 Å². The van der Waals surface area contributed by atoms with E-state index in [2.05, 4.69) is 34.5 Å². The first-order chi connectivity index (χ1) is 12.1. The summed E-state index contributed by atoms with van der Waals surface area (Å²) in [6.07, 6.45) is 2.70. The molecule has 26 heavy (non-hydrogen) atoms. The number of aromatic nitrogens is 1. The minimum atomic E-state index is 0. The normalized spacial score (nSPS) is 15.7. The first-order valence-corrected chi connectivity index (χ1v) is 8.28. The van der Waals surface area contributed by atoms with Crippen LogP contribution >= 0.6 is 24.0 Å². The molecule has 0 amide bonds. The molecule has 1 unspecified atom stereocenters. The minimum absolute atomic E-state index is 0. The second-order valence-electron chi connectivity index (χ2n) is 6.15. The van der Waals surface area contributed by atoms with Crippen LogP contribution in [0.3, 0.4) is 0 Å². The SMILES string of the molecule is CN=C(NCc1cc2c(cc1OC)CC(C)O2)N(C)Cc1ccon1.I. The highest BCUT2D eigenvalue weighted by Gasteiger charge is 2.22. The average Bonchev–Trinajstić information content (AvgIpc) is 3.22. The highest BCUT2D eigenvalue weighted by Crippen LogP contribution is 2.34. The van der Waals surface area contributed by atoms with Gasteiger partial charge in [-0.1, -0.05) is 5.16 Å². The zero-order valence-corrected chi connectivity index (χ0v) is 17.8. The fourth-order valence-electron chi connectivity index (χ4n) is 3.01. The van der Waals surface area contributed by atoms with E-state index >= 15 is 0 Å². The number of rotatable bonds is 5. The third-order valence-corrected chi connectivity index (χ3v) is 4.20. The molecule has 0 aliphatic carbocycles. The number of hydrogen-bond donors (Lipinski definition) is 1. The van der Waals surface area contributed by atoms with Gasteiger partial charge in [-0.2, -0.15) is 0 Å². The largest absolute Gasteiger partial charge is 0.496 e. The van der Waals surface area contributed by atoms with Crippen LogP contribution in [0.1, 0.15) is 23.7 Å². The number of fused-ring (bicyclic) bond motifs is 1. The van der Waals surface area contributed by atoms with E-state index in [4.69, 9.17) is 14.0 Å². The van der Waals surface area contributed by atoms with Gasteiger partial charge in [0, 0.05) is 44.3 Å². The maximum Gasteiger partial charge on any atom is 0.194 e. The van der Waals surface area contributed by atoms with Crippen molar-refractivity contribution in [3.63, 3.8) is 0 Å². The van der Waals surface area contributed by atoms with Gasteiger partial charge in [0.2, 0.25) is 0 Å². The van der Waals surface area contributed by atoms with Crippen molar-refractivity contribution in [1.82, 2.24) is 15.4 Å². The molecule has 0 fully saturated rings. The molecular formula is C18H25IN4O3. The Morgan fingerprint density at radius 1 is 1.46 bits per heavy atom. The maximum atomic E-state index is 5.85. The van der Waals surface area contributed by atoms with Crippen molar-refractivity contribution in [2.45, 2.75) is 32.5 Å². The lowest BCUT2D eigenvalue weighted by molar-refractivity contribution is 0.254. The molecule has 1 N–H and O–H groups in total. The molecule has 0 saturated carbocycles. The summed E-state index contributed by atoms with van der Waals surface area (Å²) in [5.41, 5.74) is 3.08. The van der Waals surface area contributed by atoms with Crippen LogP contribution in [-0.4, -0.2) is 43.3 Å². The summed E-state index contributed by atoms with van der Waals surface area (Å²) in [5.74, 6) is 2.56. The van der Waals surface area contributed by atoms with Crippen LogP contribution in [-0.2, 0) is 19.5 Å². The third kappa shape index (κ3) is 4.60. The van der Waals surface area contributed by atoms with Crippen LogP contribution in [0.15, 0.2) is 34.0 Å². The standard InChI is InChI=1S/C18H24N4O3.HI/c1-12-7-13-8-16(23-4)14(9-17(13)25-12)10-20-18(19-2)22(3)11-15-5-6-24-21-15;/h5-6,8-9,12H,7,10-11H2,1-4H3,(H,19,20);1H. The molecule has 8 heteroatoms. The molecule has 0 bridgehead atoms. The number of nitrogens with one attached hydrogen (secondary N) is 1. The van der Waals surface area contributed by atoms with Crippen molar-refractivity contribution in [1.29, 1.82) is 0 Å². The summed E-state index contributed by atoms with van der Waals surface area (Å²) < 4.78 is 16.3. The number of hydrogen-bond acceptors (Lipinski definition) is 5. The van der Waals surface area contributed by atoms with Gasteiger partial charge in [0.15, 0.2) is 5.96 Å². The molecule has 2 aromatic rings. The van der Waals surface area contributed by atoms with Gasteiger partial charge in [0.25, 0.3) is 0 Å². The molecule has 2 heterocycles. The number of benzene rings is 1. The predicted octanol–water partition coefficient (Wildman–Crippen LogP) is 2.83. The van der Waals surface area contributed by atoms with E-state index in [-0.39, 0.29) is 30.1 Å². The zero-order chi connectivity index (χ0) is 17.8. The molecule has 0 saturated heterocycles. The fourth-order valence-corrected chi connectivity index (χ4v) is 3.01. The fraction of sp³-hybridized carbons (Fsp3) is 0.444. The maximum absolute atomic E-state index is 5.85. The highest BCUT2D eigenvalue weighted by molar-refractivity contribution is 14.0. The van der Waals surface area contributed by atoms with E-state index in [1.54, 1.807) is 20.4 Å². The van der Waals surface area contributed by atoms with Crippen LogP contribution in [0, 0.1) is 0 Å². The van der Waals surface area contributed by atoms with Crippen molar-refractivity contribution in [2.75, 3.05) is 21.2 Å². The summed E-state index contributed by atoms with van der Waals surface area (Å²) in [5, 5.41) is 7.29. The van der Waals surface area contributed by atoms with Gasteiger partial charge in [0.1, 0.15) is 29.6 Å². The van der Waals surface area contributed by atoms with E-state index < -0.39 is 0 Å². The lowest BCUT2D eigenvalue weighted by Crippen LogP contribution is -2.38. The summed E-state index contributed by atoms with van der Waals surface area (Å²) in [6.45, 7) is 3.27. The molecule has 0 radical (unpaired) electrons. The lowest BCUT2D eigenvalue weighted by Gasteiger charge is -2.21. The Bertz CT molecular complexity index is 749. The Labute approximate surface area is 170 Å². The molecular weight excluding hydrogens is 447 g/mol. The van der Waals surface area contributed by atoms with E-state index in [1.807, 2.05) is 18.0 Å². The van der Waals surface area contributed by atoms with Gasteiger partial charge in [-0.15, -0.1) is 24.0 Å². The molecule has 7 nitrogen and oxygen atoms in total. The second-order valence-corrected chi connectivity index (χ2v) is 6.15. The van der Waals surface area contributed by atoms with E-state index in [9.17, 15) is 0 Å². The highest BCUT2D eigenvalue weighted by atomic mass is 127. The zero-order valence-electron chi connectivity index (χ0n) is 15.5. The third-order valence-electron chi connectivity index (χ3n) is 4.20. The second kappa shape index (κ2) is 9.11. The number of nitrogens with zero attached hydrogens (tertiary/aromatic N) is 3. The van der Waals surface area contributed by atoms with Crippen LogP contribution < -0.4 is 14.8 Å². The van der Waals surface area contributed by atoms with Crippen LogP contribution in [0.25, 0.3) is 0 Å².